The summed E-state index contributed by atoms with van der Waals surface area (Å²) >= 11 is 0. The minimum atomic E-state index is -1.69. The molecule has 1 aromatic heterocycles. The molecule has 2 aromatic rings. The van der Waals surface area contributed by atoms with Gasteiger partial charge in [0.25, 0.3) is 0 Å². The zero-order valence-electron chi connectivity index (χ0n) is 20.7. The molecule has 210 valence electrons. The van der Waals surface area contributed by atoms with E-state index < -0.39 is 66.2 Å². The highest BCUT2D eigenvalue weighted by atomic mass is 16.4. The number of carbonyl (C=O) groups is 6. The van der Waals surface area contributed by atoms with Crippen molar-refractivity contribution in [2.45, 2.75) is 56.3 Å². The van der Waals surface area contributed by atoms with E-state index in [0.29, 0.717) is 11.3 Å². The van der Waals surface area contributed by atoms with Gasteiger partial charge in [0.05, 0.1) is 18.8 Å². The number of rotatable bonds is 16. The average Bonchev–Trinajstić information content (AvgIpc) is 3.39. The summed E-state index contributed by atoms with van der Waals surface area (Å²) in [6, 6.07) is 2.75. The van der Waals surface area contributed by atoms with Gasteiger partial charge in [-0.15, -0.1) is 0 Å². The lowest BCUT2D eigenvalue weighted by Gasteiger charge is -2.24. The second-order valence-electron chi connectivity index (χ2n) is 8.63. The summed E-state index contributed by atoms with van der Waals surface area (Å²) in [6.45, 7) is 0. The third-order valence-corrected chi connectivity index (χ3v) is 5.53. The molecule has 4 atom stereocenters. The van der Waals surface area contributed by atoms with Gasteiger partial charge >= 0.3 is 17.9 Å². The number of amides is 3. The number of benzene rings is 1. The molecule has 1 heterocycles. The lowest BCUT2D eigenvalue weighted by molar-refractivity contribution is -0.143. The molecule has 4 unspecified atom stereocenters. The first-order valence-electron chi connectivity index (χ1n) is 11.8. The Kier molecular flexibility index (Phi) is 11.6. The molecule has 0 bridgehead atoms. The highest BCUT2D eigenvalue weighted by molar-refractivity contribution is 5.95. The fourth-order valence-corrected chi connectivity index (χ4v) is 3.49. The highest BCUT2D eigenvalue weighted by Crippen LogP contribution is 2.07. The molecule has 0 fully saturated rings. The number of nitrogens with zero attached hydrogens (tertiary/aromatic N) is 1. The number of carboxylic acids is 3. The van der Waals surface area contributed by atoms with E-state index in [4.69, 9.17) is 10.8 Å². The van der Waals surface area contributed by atoms with E-state index in [9.17, 15) is 39.0 Å². The van der Waals surface area contributed by atoms with Crippen molar-refractivity contribution in [2.24, 2.45) is 5.73 Å². The van der Waals surface area contributed by atoms with Crippen LogP contribution in [0.2, 0.25) is 0 Å². The van der Waals surface area contributed by atoms with Gasteiger partial charge in [0.2, 0.25) is 17.7 Å². The van der Waals surface area contributed by atoms with Crippen LogP contribution in [0.3, 0.4) is 0 Å². The van der Waals surface area contributed by atoms with Gasteiger partial charge in [0.1, 0.15) is 18.1 Å². The molecule has 0 spiro atoms. The maximum absolute atomic E-state index is 13.2. The van der Waals surface area contributed by atoms with E-state index in [0.717, 1.165) is 0 Å². The zero-order chi connectivity index (χ0) is 28.9. The van der Waals surface area contributed by atoms with E-state index in [-0.39, 0.29) is 25.7 Å². The highest BCUT2D eigenvalue weighted by Gasteiger charge is 2.32. The lowest BCUT2D eigenvalue weighted by atomic mass is 10.0. The molecule has 0 saturated heterocycles. The molecule has 0 radical (unpaired) electrons. The van der Waals surface area contributed by atoms with Gasteiger partial charge in [-0.25, -0.2) is 9.78 Å². The van der Waals surface area contributed by atoms with Crippen LogP contribution in [0.15, 0.2) is 42.9 Å². The first-order valence-corrected chi connectivity index (χ1v) is 11.8. The Bertz CT molecular complexity index is 1160. The van der Waals surface area contributed by atoms with Gasteiger partial charge in [-0.2, -0.15) is 0 Å². The van der Waals surface area contributed by atoms with Gasteiger partial charge in [-0.3, -0.25) is 24.0 Å². The monoisotopic (exact) mass is 546 g/mol. The van der Waals surface area contributed by atoms with Crippen LogP contribution in [-0.4, -0.2) is 85.1 Å². The van der Waals surface area contributed by atoms with Gasteiger partial charge in [-0.05, 0) is 12.0 Å². The standard InChI is InChI=1S/C24H30N6O9/c25-15(6-7-19(31)32)21(35)28-16(8-13-4-2-1-3-5-13)22(36)29-17(10-20(33)34)23(37)30-18(24(38)39)9-14-11-26-12-27-14/h1-5,11-12,15-18H,6-10,25H2,(H,26,27)(H,28,35)(H,29,36)(H,30,37)(H,31,32)(H,33,34)(H,38,39). The number of aromatic amines is 1. The predicted octanol–water partition coefficient (Wildman–Crippen LogP) is -1.60. The smallest absolute Gasteiger partial charge is 0.326 e. The van der Waals surface area contributed by atoms with Gasteiger partial charge < -0.3 is 42.0 Å². The lowest BCUT2D eigenvalue weighted by Crippen LogP contribution is -2.58. The number of imidazole rings is 1. The van der Waals surface area contributed by atoms with Crippen LogP contribution < -0.4 is 21.7 Å². The second kappa shape index (κ2) is 14.8. The number of carboxylic acid groups (broad SMARTS) is 3. The predicted molar refractivity (Wildman–Crippen MR) is 133 cm³/mol. The molecular formula is C24H30N6O9. The first kappa shape index (κ1) is 30.4. The zero-order valence-corrected chi connectivity index (χ0v) is 20.7. The molecule has 0 aliphatic carbocycles. The van der Waals surface area contributed by atoms with Crippen LogP contribution in [0.4, 0.5) is 0 Å². The van der Waals surface area contributed by atoms with Crippen molar-refractivity contribution in [3.05, 3.63) is 54.1 Å². The van der Waals surface area contributed by atoms with Crippen molar-refractivity contribution in [3.8, 4) is 0 Å². The Hall–Kier alpha value is -4.79. The van der Waals surface area contributed by atoms with Crippen molar-refractivity contribution >= 4 is 35.6 Å². The van der Waals surface area contributed by atoms with Crippen molar-refractivity contribution in [1.82, 2.24) is 25.9 Å². The minimum absolute atomic E-state index is 0.0664. The Morgan fingerprint density at radius 1 is 0.821 bits per heavy atom. The normalized spacial score (nSPS) is 13.8. The topological polar surface area (TPSA) is 254 Å². The number of hydrogen-bond acceptors (Lipinski definition) is 8. The number of hydrogen-bond donors (Lipinski definition) is 8. The molecule has 39 heavy (non-hydrogen) atoms. The maximum atomic E-state index is 13.2. The summed E-state index contributed by atoms with van der Waals surface area (Å²) in [4.78, 5) is 79.0. The van der Waals surface area contributed by atoms with Crippen LogP contribution in [-0.2, 0) is 41.6 Å². The van der Waals surface area contributed by atoms with Crippen LogP contribution in [0.25, 0.3) is 0 Å². The summed E-state index contributed by atoms with van der Waals surface area (Å²) in [6.07, 6.45) is 0.970. The molecule has 0 saturated carbocycles. The SMILES string of the molecule is NC(CCC(=O)O)C(=O)NC(Cc1ccccc1)C(=O)NC(CC(=O)O)C(=O)NC(Cc1cnc[nH]1)C(=O)O. The summed E-state index contributed by atoms with van der Waals surface area (Å²) in [5, 5.41) is 34.5. The molecule has 15 nitrogen and oxygen atoms in total. The number of nitrogens with two attached hydrogens (primary N) is 1. The first-order chi connectivity index (χ1) is 18.5. The average molecular weight is 547 g/mol. The van der Waals surface area contributed by atoms with Crippen LogP contribution in [0.5, 0.6) is 0 Å². The molecule has 0 aliphatic heterocycles. The van der Waals surface area contributed by atoms with Gasteiger partial charge in [0, 0.05) is 31.2 Å². The fraction of sp³-hybridized carbons (Fsp3) is 0.375. The van der Waals surface area contributed by atoms with E-state index in [1.165, 1.54) is 12.5 Å². The van der Waals surface area contributed by atoms with Gasteiger partial charge in [-0.1, -0.05) is 30.3 Å². The number of carbonyl (C=O) groups excluding carboxylic acids is 3. The molecule has 1 aromatic carbocycles. The van der Waals surface area contributed by atoms with E-state index in [2.05, 4.69) is 25.9 Å². The Morgan fingerprint density at radius 2 is 1.44 bits per heavy atom. The van der Waals surface area contributed by atoms with Crippen molar-refractivity contribution in [3.63, 3.8) is 0 Å². The molecule has 2 rings (SSSR count). The number of aromatic nitrogens is 2. The van der Waals surface area contributed by atoms with Crippen molar-refractivity contribution in [1.29, 1.82) is 0 Å². The van der Waals surface area contributed by atoms with Gasteiger partial charge in [0.15, 0.2) is 0 Å². The number of aliphatic carboxylic acids is 3. The van der Waals surface area contributed by atoms with Crippen LogP contribution in [0, 0.1) is 0 Å². The van der Waals surface area contributed by atoms with Crippen LogP contribution in [0.1, 0.15) is 30.5 Å². The Labute approximate surface area is 222 Å². The van der Waals surface area contributed by atoms with E-state index in [1.54, 1.807) is 30.3 Å². The molecule has 9 N–H and O–H groups in total. The third-order valence-electron chi connectivity index (χ3n) is 5.53. The second-order valence-corrected chi connectivity index (χ2v) is 8.63. The fourth-order valence-electron chi connectivity index (χ4n) is 3.49. The summed E-state index contributed by atoms with van der Waals surface area (Å²) < 4.78 is 0. The largest absolute Gasteiger partial charge is 0.481 e. The molecular weight excluding hydrogens is 516 g/mol. The maximum Gasteiger partial charge on any atom is 0.326 e. The molecule has 15 heteroatoms. The quantitative estimate of drug-likeness (QED) is 0.119. The minimum Gasteiger partial charge on any atom is -0.481 e. The van der Waals surface area contributed by atoms with Crippen molar-refractivity contribution < 1.29 is 44.1 Å². The number of nitrogens with one attached hydrogen (secondary N) is 4. The third kappa shape index (κ3) is 10.6. The van der Waals surface area contributed by atoms with E-state index >= 15 is 0 Å². The molecule has 3 amide bonds. The summed E-state index contributed by atoms with van der Waals surface area (Å²) in [5.41, 5.74) is 6.76. The Balaban J connectivity index is 2.20. The van der Waals surface area contributed by atoms with Crippen LogP contribution >= 0.6 is 0 Å². The summed E-state index contributed by atoms with van der Waals surface area (Å²) in [5.74, 6) is -6.83. The molecule has 0 aliphatic rings. The van der Waals surface area contributed by atoms with Crippen molar-refractivity contribution in [2.75, 3.05) is 0 Å². The Morgan fingerprint density at radius 3 is 2.00 bits per heavy atom. The summed E-state index contributed by atoms with van der Waals surface area (Å²) in [7, 11) is 0. The number of H-pyrrole nitrogens is 1. The van der Waals surface area contributed by atoms with E-state index in [1.807, 2.05) is 0 Å².